The average molecular weight is 286 g/mol. The molecule has 1 aliphatic heterocycles. The fraction of sp³-hybridized carbons (Fsp3) is 0.923. The lowest BCUT2D eigenvalue weighted by Gasteiger charge is -2.26. The number of hydrogen-bond donors (Lipinski definition) is 0. The van der Waals surface area contributed by atoms with Crippen LogP contribution >= 0.6 is 0 Å². The van der Waals surface area contributed by atoms with Crippen LogP contribution in [0.4, 0.5) is 0 Å². The van der Waals surface area contributed by atoms with Crippen LogP contribution in [-0.2, 0) is 14.8 Å². The Labute approximate surface area is 115 Å². The Hall–Kier alpha value is -0.640. The quantitative estimate of drug-likeness (QED) is 0.711. The number of sulfonamides is 1. The van der Waals surface area contributed by atoms with Crippen LogP contribution in [0.3, 0.4) is 0 Å². The third-order valence-electron chi connectivity index (χ3n) is 3.70. The Bertz CT molecular complexity index is 420. The van der Waals surface area contributed by atoms with Crippen LogP contribution in [0.1, 0.15) is 38.5 Å². The zero-order valence-electron chi connectivity index (χ0n) is 11.3. The van der Waals surface area contributed by atoms with Crippen molar-refractivity contribution in [3.63, 3.8) is 0 Å². The van der Waals surface area contributed by atoms with Gasteiger partial charge in [0, 0.05) is 26.1 Å². The first-order valence-electron chi connectivity index (χ1n) is 7.08. The molecule has 0 aromatic rings. The number of nitriles is 1. The third-order valence-corrected chi connectivity index (χ3v) is 5.61. The lowest BCUT2D eigenvalue weighted by molar-refractivity contribution is 0.0298. The maximum atomic E-state index is 12.4. The molecule has 0 aromatic heterocycles. The van der Waals surface area contributed by atoms with Gasteiger partial charge < -0.3 is 4.74 Å². The zero-order chi connectivity index (χ0) is 13.7. The monoisotopic (exact) mass is 286 g/mol. The molecule has 2 rings (SSSR count). The molecular weight excluding hydrogens is 264 g/mol. The van der Waals surface area contributed by atoms with Crippen LogP contribution in [0.5, 0.6) is 0 Å². The summed E-state index contributed by atoms with van der Waals surface area (Å²) in [4.78, 5) is 0. The molecule has 1 saturated carbocycles. The highest BCUT2D eigenvalue weighted by molar-refractivity contribution is 7.89. The molecule has 1 unspecified atom stereocenters. The van der Waals surface area contributed by atoms with Gasteiger partial charge in [-0.3, -0.25) is 0 Å². The number of nitrogens with zero attached hydrogens (tertiary/aromatic N) is 2. The van der Waals surface area contributed by atoms with Gasteiger partial charge >= 0.3 is 0 Å². The summed E-state index contributed by atoms with van der Waals surface area (Å²) in [6, 6.07) is 2.03. The Balaban J connectivity index is 1.93. The second-order valence-electron chi connectivity index (χ2n) is 5.48. The van der Waals surface area contributed by atoms with Crippen molar-refractivity contribution in [2.45, 2.75) is 44.6 Å². The molecule has 1 heterocycles. The van der Waals surface area contributed by atoms with Gasteiger partial charge in [-0.15, -0.1) is 0 Å². The predicted molar refractivity (Wildman–Crippen MR) is 71.9 cm³/mol. The lowest BCUT2D eigenvalue weighted by atomic mass is 10.1. The molecule has 0 N–H and O–H groups in total. The van der Waals surface area contributed by atoms with E-state index < -0.39 is 10.0 Å². The van der Waals surface area contributed by atoms with E-state index in [1.165, 1.54) is 4.31 Å². The molecule has 0 aromatic carbocycles. The summed E-state index contributed by atoms with van der Waals surface area (Å²) in [6.07, 6.45) is 5.21. The molecule has 0 amide bonds. The van der Waals surface area contributed by atoms with Gasteiger partial charge in [0.1, 0.15) is 0 Å². The highest BCUT2D eigenvalue weighted by Gasteiger charge is 2.32. The summed E-state index contributed by atoms with van der Waals surface area (Å²) < 4.78 is 31.8. The molecule has 6 heteroatoms. The smallest absolute Gasteiger partial charge is 0.216 e. The fourth-order valence-electron chi connectivity index (χ4n) is 2.39. The Morgan fingerprint density at radius 2 is 2.05 bits per heavy atom. The number of ether oxygens (including phenoxy) is 1. The van der Waals surface area contributed by atoms with Gasteiger partial charge in [0.05, 0.1) is 17.9 Å². The molecule has 0 bridgehead atoms. The van der Waals surface area contributed by atoms with E-state index in [-0.39, 0.29) is 18.3 Å². The van der Waals surface area contributed by atoms with Gasteiger partial charge in [0.2, 0.25) is 10.0 Å². The van der Waals surface area contributed by atoms with E-state index in [9.17, 15) is 8.42 Å². The van der Waals surface area contributed by atoms with Crippen molar-refractivity contribution in [3.8, 4) is 6.07 Å². The molecule has 1 atom stereocenters. The zero-order valence-corrected chi connectivity index (χ0v) is 12.1. The van der Waals surface area contributed by atoms with E-state index in [0.29, 0.717) is 25.6 Å². The minimum atomic E-state index is -3.29. The molecule has 0 spiro atoms. The van der Waals surface area contributed by atoms with Gasteiger partial charge in [-0.05, 0) is 38.0 Å². The summed E-state index contributed by atoms with van der Waals surface area (Å²) in [5.74, 6) is 0.575. The minimum Gasteiger partial charge on any atom is -0.377 e. The van der Waals surface area contributed by atoms with E-state index in [2.05, 4.69) is 0 Å². The van der Waals surface area contributed by atoms with Crippen molar-refractivity contribution in [2.75, 3.05) is 25.4 Å². The molecule has 2 aliphatic rings. The van der Waals surface area contributed by atoms with Crippen LogP contribution in [0.2, 0.25) is 0 Å². The van der Waals surface area contributed by atoms with Crippen LogP contribution in [-0.4, -0.2) is 44.3 Å². The first-order chi connectivity index (χ1) is 9.12. The second kappa shape index (κ2) is 6.69. The molecule has 0 radical (unpaired) electrons. The second-order valence-corrected chi connectivity index (χ2v) is 7.49. The Kier molecular flexibility index (Phi) is 5.20. The van der Waals surface area contributed by atoms with E-state index in [4.69, 9.17) is 10.00 Å². The van der Waals surface area contributed by atoms with Crippen molar-refractivity contribution in [1.29, 1.82) is 5.26 Å². The van der Waals surface area contributed by atoms with E-state index in [1.807, 2.05) is 6.07 Å². The van der Waals surface area contributed by atoms with Crippen molar-refractivity contribution in [1.82, 2.24) is 4.31 Å². The molecule has 1 aliphatic carbocycles. The van der Waals surface area contributed by atoms with Crippen molar-refractivity contribution in [3.05, 3.63) is 0 Å². The van der Waals surface area contributed by atoms with E-state index >= 15 is 0 Å². The van der Waals surface area contributed by atoms with Gasteiger partial charge in [-0.1, -0.05) is 0 Å². The first-order valence-corrected chi connectivity index (χ1v) is 8.69. The van der Waals surface area contributed by atoms with Gasteiger partial charge in [0.25, 0.3) is 0 Å². The van der Waals surface area contributed by atoms with Gasteiger partial charge in [0.15, 0.2) is 0 Å². The van der Waals surface area contributed by atoms with E-state index in [0.717, 1.165) is 32.1 Å². The van der Waals surface area contributed by atoms with Crippen molar-refractivity contribution in [2.24, 2.45) is 5.92 Å². The molecular formula is C13H22N2O3S. The van der Waals surface area contributed by atoms with Crippen LogP contribution < -0.4 is 0 Å². The normalized spacial score (nSPS) is 24.3. The molecule has 2 fully saturated rings. The third kappa shape index (κ3) is 4.75. The SMILES string of the molecule is N#CCCN(CC1CC1)S(=O)(=O)CC1CCCCO1. The van der Waals surface area contributed by atoms with Gasteiger partial charge in [-0.2, -0.15) is 5.26 Å². The lowest BCUT2D eigenvalue weighted by Crippen LogP contribution is -2.40. The highest BCUT2D eigenvalue weighted by atomic mass is 32.2. The summed E-state index contributed by atoms with van der Waals surface area (Å²) >= 11 is 0. The minimum absolute atomic E-state index is 0.0746. The molecule has 108 valence electrons. The van der Waals surface area contributed by atoms with Gasteiger partial charge in [-0.25, -0.2) is 12.7 Å². The van der Waals surface area contributed by atoms with Crippen molar-refractivity contribution < 1.29 is 13.2 Å². The molecule has 1 saturated heterocycles. The first kappa shape index (κ1) is 14.8. The summed E-state index contributed by atoms with van der Waals surface area (Å²) in [7, 11) is -3.29. The highest BCUT2D eigenvalue weighted by Crippen LogP contribution is 2.31. The fourth-order valence-corrected chi connectivity index (χ4v) is 4.14. The van der Waals surface area contributed by atoms with Crippen LogP contribution in [0.25, 0.3) is 0 Å². The number of rotatable bonds is 7. The summed E-state index contributed by atoms with van der Waals surface area (Å²) in [5.41, 5.74) is 0. The summed E-state index contributed by atoms with van der Waals surface area (Å²) in [6.45, 7) is 1.57. The molecule has 5 nitrogen and oxygen atoms in total. The van der Waals surface area contributed by atoms with Crippen molar-refractivity contribution >= 4 is 10.0 Å². The molecule has 19 heavy (non-hydrogen) atoms. The average Bonchev–Trinajstić information content (AvgIpc) is 3.19. The maximum Gasteiger partial charge on any atom is 0.216 e. The Morgan fingerprint density at radius 1 is 1.26 bits per heavy atom. The number of hydrogen-bond acceptors (Lipinski definition) is 4. The Morgan fingerprint density at radius 3 is 2.63 bits per heavy atom. The summed E-state index contributed by atoms with van der Waals surface area (Å²) in [5, 5.41) is 8.66. The van der Waals surface area contributed by atoms with Crippen LogP contribution in [0, 0.1) is 17.2 Å². The van der Waals surface area contributed by atoms with Crippen LogP contribution in [0.15, 0.2) is 0 Å². The maximum absolute atomic E-state index is 12.4. The van der Waals surface area contributed by atoms with E-state index in [1.54, 1.807) is 0 Å². The largest absolute Gasteiger partial charge is 0.377 e. The standard InChI is InChI=1S/C13H22N2O3S/c14-7-3-8-15(10-12-5-6-12)19(16,17)11-13-4-1-2-9-18-13/h12-13H,1-6,8-11H2. The topological polar surface area (TPSA) is 70.4 Å². The predicted octanol–water partition coefficient (Wildman–Crippen LogP) is 1.51.